The van der Waals surface area contributed by atoms with Crippen LogP contribution in [-0.4, -0.2) is 38.9 Å². The number of amides is 1. The SMILES string of the molecule is CCNS(=O)(=O)c1ccc(C)c(C(=O)N2CCCCCCC2)c1. The molecule has 5 nitrogen and oxygen atoms in total. The molecule has 128 valence electrons. The van der Waals surface area contributed by atoms with Crippen LogP contribution >= 0.6 is 0 Å². The number of carbonyl (C=O) groups excluding carboxylic acids is 1. The summed E-state index contributed by atoms with van der Waals surface area (Å²) in [6.07, 6.45) is 5.56. The molecule has 1 amide bonds. The molecule has 0 bridgehead atoms. The topological polar surface area (TPSA) is 66.5 Å². The van der Waals surface area contributed by atoms with E-state index in [4.69, 9.17) is 0 Å². The summed E-state index contributed by atoms with van der Waals surface area (Å²) in [6.45, 7) is 5.41. The van der Waals surface area contributed by atoms with Gasteiger partial charge in [0.2, 0.25) is 10.0 Å². The summed E-state index contributed by atoms with van der Waals surface area (Å²) in [4.78, 5) is 14.9. The average Bonchev–Trinajstić information content (AvgIpc) is 2.46. The third-order valence-corrected chi connectivity index (χ3v) is 5.77. The zero-order valence-corrected chi connectivity index (χ0v) is 14.8. The Hall–Kier alpha value is -1.40. The van der Waals surface area contributed by atoms with Crippen LogP contribution in [-0.2, 0) is 10.0 Å². The van der Waals surface area contributed by atoms with Gasteiger partial charge in [-0.05, 0) is 37.5 Å². The Morgan fingerprint density at radius 2 is 1.74 bits per heavy atom. The van der Waals surface area contributed by atoms with E-state index in [9.17, 15) is 13.2 Å². The molecule has 1 aliphatic heterocycles. The van der Waals surface area contributed by atoms with Crippen LogP contribution in [0.1, 0.15) is 54.9 Å². The van der Waals surface area contributed by atoms with Crippen molar-refractivity contribution in [3.63, 3.8) is 0 Å². The first-order chi connectivity index (χ1) is 11.0. The second kappa shape index (κ2) is 7.93. The molecule has 1 saturated heterocycles. The Kier molecular flexibility index (Phi) is 6.18. The highest BCUT2D eigenvalue weighted by molar-refractivity contribution is 7.89. The summed E-state index contributed by atoms with van der Waals surface area (Å²) in [5.41, 5.74) is 1.30. The van der Waals surface area contributed by atoms with E-state index in [-0.39, 0.29) is 10.8 Å². The van der Waals surface area contributed by atoms with Gasteiger partial charge in [-0.2, -0.15) is 0 Å². The maximum atomic E-state index is 12.8. The number of nitrogens with zero attached hydrogens (tertiary/aromatic N) is 1. The molecule has 2 rings (SSSR count). The van der Waals surface area contributed by atoms with Crippen molar-refractivity contribution in [2.24, 2.45) is 0 Å². The molecule has 0 aliphatic carbocycles. The minimum absolute atomic E-state index is 0.0575. The molecule has 0 saturated carbocycles. The molecule has 0 unspecified atom stereocenters. The van der Waals surface area contributed by atoms with Crippen molar-refractivity contribution in [1.29, 1.82) is 0 Å². The second-order valence-electron chi connectivity index (χ2n) is 6.04. The van der Waals surface area contributed by atoms with E-state index < -0.39 is 10.0 Å². The molecule has 1 aromatic carbocycles. The number of hydrogen-bond donors (Lipinski definition) is 1. The number of benzene rings is 1. The van der Waals surface area contributed by atoms with Gasteiger partial charge in [0, 0.05) is 25.2 Å². The van der Waals surface area contributed by atoms with Gasteiger partial charge in [-0.25, -0.2) is 13.1 Å². The Bertz CT molecular complexity index is 648. The van der Waals surface area contributed by atoms with E-state index in [0.29, 0.717) is 12.1 Å². The largest absolute Gasteiger partial charge is 0.339 e. The second-order valence-corrected chi connectivity index (χ2v) is 7.80. The van der Waals surface area contributed by atoms with Crippen LogP contribution in [0.4, 0.5) is 0 Å². The summed E-state index contributed by atoms with van der Waals surface area (Å²) in [7, 11) is -3.55. The van der Waals surface area contributed by atoms with Gasteiger partial charge >= 0.3 is 0 Å². The van der Waals surface area contributed by atoms with Crippen molar-refractivity contribution in [2.45, 2.75) is 50.8 Å². The predicted octanol–water partition coefficient (Wildman–Crippen LogP) is 2.70. The van der Waals surface area contributed by atoms with Crippen LogP contribution in [0.25, 0.3) is 0 Å². The summed E-state index contributed by atoms with van der Waals surface area (Å²) in [6, 6.07) is 4.77. The number of sulfonamides is 1. The first-order valence-electron chi connectivity index (χ1n) is 8.35. The van der Waals surface area contributed by atoms with E-state index in [1.54, 1.807) is 19.1 Å². The van der Waals surface area contributed by atoms with Gasteiger partial charge in [0.25, 0.3) is 5.91 Å². The van der Waals surface area contributed by atoms with Crippen LogP contribution < -0.4 is 4.72 Å². The highest BCUT2D eigenvalue weighted by Gasteiger charge is 2.21. The van der Waals surface area contributed by atoms with Gasteiger partial charge in [0.1, 0.15) is 0 Å². The van der Waals surface area contributed by atoms with Gasteiger partial charge in [-0.3, -0.25) is 4.79 Å². The predicted molar refractivity (Wildman–Crippen MR) is 91.0 cm³/mol. The number of carbonyl (C=O) groups is 1. The molecule has 23 heavy (non-hydrogen) atoms. The summed E-state index contributed by atoms with van der Waals surface area (Å²) < 4.78 is 26.8. The van der Waals surface area contributed by atoms with Crippen molar-refractivity contribution in [2.75, 3.05) is 19.6 Å². The van der Waals surface area contributed by atoms with E-state index in [1.165, 1.54) is 12.5 Å². The van der Waals surface area contributed by atoms with Gasteiger partial charge < -0.3 is 4.90 Å². The number of likely N-dealkylation sites (tertiary alicyclic amines) is 1. The Morgan fingerprint density at radius 1 is 1.13 bits per heavy atom. The third-order valence-electron chi connectivity index (χ3n) is 4.23. The maximum Gasteiger partial charge on any atom is 0.254 e. The normalized spacial score (nSPS) is 16.7. The third kappa shape index (κ3) is 4.54. The molecule has 0 radical (unpaired) electrons. The van der Waals surface area contributed by atoms with Crippen LogP contribution in [0.5, 0.6) is 0 Å². The Labute approximate surface area is 139 Å². The molecule has 1 fully saturated rings. The lowest BCUT2D eigenvalue weighted by atomic mass is 10.0. The number of rotatable bonds is 4. The fourth-order valence-electron chi connectivity index (χ4n) is 2.89. The number of aryl methyl sites for hydroxylation is 1. The molecule has 6 heteroatoms. The Balaban J connectivity index is 2.28. The lowest BCUT2D eigenvalue weighted by molar-refractivity contribution is 0.0741. The zero-order valence-electron chi connectivity index (χ0n) is 14.0. The van der Waals surface area contributed by atoms with Crippen LogP contribution in [0.15, 0.2) is 23.1 Å². The number of hydrogen-bond acceptors (Lipinski definition) is 3. The molecule has 0 spiro atoms. The molecular formula is C17H26N2O3S. The van der Waals surface area contributed by atoms with E-state index in [2.05, 4.69) is 4.72 Å². The van der Waals surface area contributed by atoms with Crippen molar-refractivity contribution < 1.29 is 13.2 Å². The monoisotopic (exact) mass is 338 g/mol. The van der Waals surface area contributed by atoms with Gasteiger partial charge in [-0.15, -0.1) is 0 Å². The minimum atomic E-state index is -3.55. The molecule has 1 aromatic rings. The van der Waals surface area contributed by atoms with Gasteiger partial charge in [0.05, 0.1) is 4.90 Å². The molecule has 1 N–H and O–H groups in total. The zero-order chi connectivity index (χ0) is 16.9. The lowest BCUT2D eigenvalue weighted by Crippen LogP contribution is -2.34. The maximum absolute atomic E-state index is 12.8. The van der Waals surface area contributed by atoms with Crippen LogP contribution in [0.2, 0.25) is 0 Å². The van der Waals surface area contributed by atoms with E-state index in [0.717, 1.165) is 44.3 Å². The van der Waals surface area contributed by atoms with Crippen molar-refractivity contribution in [3.8, 4) is 0 Å². The van der Waals surface area contributed by atoms with Crippen molar-refractivity contribution in [1.82, 2.24) is 9.62 Å². The molecule has 1 heterocycles. The average molecular weight is 338 g/mol. The van der Waals surface area contributed by atoms with Gasteiger partial charge in [0.15, 0.2) is 0 Å². The smallest absolute Gasteiger partial charge is 0.254 e. The molecule has 0 aromatic heterocycles. The molecular weight excluding hydrogens is 312 g/mol. The standard InChI is InChI=1S/C17H26N2O3S/c1-3-18-23(21,22)15-10-9-14(2)16(13-15)17(20)19-11-7-5-4-6-8-12-19/h9-10,13,18H,3-8,11-12H2,1-2H3. The first-order valence-corrected chi connectivity index (χ1v) is 9.83. The van der Waals surface area contributed by atoms with Crippen LogP contribution in [0.3, 0.4) is 0 Å². The lowest BCUT2D eigenvalue weighted by Gasteiger charge is -2.25. The molecule has 0 atom stereocenters. The summed E-state index contributed by atoms with van der Waals surface area (Å²) >= 11 is 0. The molecule has 1 aliphatic rings. The van der Waals surface area contributed by atoms with Crippen LogP contribution in [0, 0.1) is 6.92 Å². The van der Waals surface area contributed by atoms with E-state index >= 15 is 0 Å². The summed E-state index contributed by atoms with van der Waals surface area (Å²) in [5, 5.41) is 0. The van der Waals surface area contributed by atoms with Crippen molar-refractivity contribution >= 4 is 15.9 Å². The summed E-state index contributed by atoms with van der Waals surface area (Å²) in [5.74, 6) is -0.0575. The minimum Gasteiger partial charge on any atom is -0.339 e. The van der Waals surface area contributed by atoms with Crippen molar-refractivity contribution in [3.05, 3.63) is 29.3 Å². The fourth-order valence-corrected chi connectivity index (χ4v) is 3.96. The Morgan fingerprint density at radius 3 is 2.35 bits per heavy atom. The number of nitrogens with one attached hydrogen (secondary N) is 1. The highest BCUT2D eigenvalue weighted by atomic mass is 32.2. The highest BCUT2D eigenvalue weighted by Crippen LogP contribution is 2.19. The van der Waals surface area contributed by atoms with E-state index in [1.807, 2.05) is 11.8 Å². The van der Waals surface area contributed by atoms with Gasteiger partial charge in [-0.1, -0.05) is 32.3 Å². The first kappa shape index (κ1) is 17.9. The quantitative estimate of drug-likeness (QED) is 0.918. The fraction of sp³-hybridized carbons (Fsp3) is 0.588.